The molecule has 0 N–H and O–H groups in total. The molecule has 0 spiro atoms. The summed E-state index contributed by atoms with van der Waals surface area (Å²) in [6.07, 6.45) is 3.22. The van der Waals surface area contributed by atoms with Gasteiger partial charge >= 0.3 is 0 Å². The first kappa shape index (κ1) is 18.6. The number of aromatic nitrogens is 2. The van der Waals surface area contributed by atoms with Crippen molar-refractivity contribution in [1.29, 1.82) is 0 Å². The first-order valence-corrected chi connectivity index (χ1v) is 8.91. The topological polar surface area (TPSA) is 25.8 Å². The SMILES string of the molecule is Fc1ccc(C(=C(c2ccc(F)cc2)c2ncccn2)c2ccc(F)cc2)cc1. The van der Waals surface area contributed by atoms with E-state index >= 15 is 0 Å². The summed E-state index contributed by atoms with van der Waals surface area (Å²) in [6, 6.07) is 19.6. The summed E-state index contributed by atoms with van der Waals surface area (Å²) in [5.74, 6) is -0.687. The number of benzene rings is 3. The lowest BCUT2D eigenvalue weighted by molar-refractivity contribution is 0.627. The highest BCUT2D eigenvalue weighted by Crippen LogP contribution is 2.35. The van der Waals surface area contributed by atoms with Gasteiger partial charge in [-0.1, -0.05) is 36.4 Å². The Morgan fingerprint density at radius 3 is 1.21 bits per heavy atom. The largest absolute Gasteiger partial charge is 0.237 e. The predicted octanol–water partition coefficient (Wildman–Crippen LogP) is 5.90. The fourth-order valence-electron chi connectivity index (χ4n) is 3.12. The average Bonchev–Trinajstić information content (AvgIpc) is 2.75. The molecule has 0 amide bonds. The van der Waals surface area contributed by atoms with Crippen molar-refractivity contribution in [3.63, 3.8) is 0 Å². The molecule has 1 heterocycles. The highest BCUT2D eigenvalue weighted by molar-refractivity contribution is 6.03. The second-order valence-corrected chi connectivity index (χ2v) is 6.34. The lowest BCUT2D eigenvalue weighted by Gasteiger charge is -2.16. The van der Waals surface area contributed by atoms with Gasteiger partial charge in [0.25, 0.3) is 0 Å². The second-order valence-electron chi connectivity index (χ2n) is 6.34. The van der Waals surface area contributed by atoms with E-state index in [1.807, 2.05) is 0 Å². The van der Waals surface area contributed by atoms with Gasteiger partial charge in [-0.3, -0.25) is 0 Å². The quantitative estimate of drug-likeness (QED) is 0.407. The van der Waals surface area contributed by atoms with E-state index in [2.05, 4.69) is 9.97 Å². The molecule has 0 unspecified atom stereocenters. The Morgan fingerprint density at radius 1 is 0.483 bits per heavy atom. The van der Waals surface area contributed by atoms with Crippen LogP contribution in [-0.4, -0.2) is 9.97 Å². The molecule has 0 aliphatic carbocycles. The third kappa shape index (κ3) is 4.09. The van der Waals surface area contributed by atoms with E-state index < -0.39 is 0 Å². The molecule has 4 aromatic rings. The molecule has 0 atom stereocenters. The first-order chi connectivity index (χ1) is 14.1. The third-order valence-electron chi connectivity index (χ3n) is 4.44. The lowest BCUT2D eigenvalue weighted by atomic mass is 9.89. The second kappa shape index (κ2) is 8.10. The van der Waals surface area contributed by atoms with E-state index in [1.165, 1.54) is 36.4 Å². The molecule has 0 fully saturated rings. The summed E-state index contributed by atoms with van der Waals surface area (Å²) in [5, 5.41) is 0. The van der Waals surface area contributed by atoms with E-state index in [-0.39, 0.29) is 17.5 Å². The number of hydrogen-bond acceptors (Lipinski definition) is 2. The maximum Gasteiger partial charge on any atom is 0.160 e. The van der Waals surface area contributed by atoms with Gasteiger partial charge in [-0.15, -0.1) is 0 Å². The Morgan fingerprint density at radius 2 is 0.828 bits per heavy atom. The monoisotopic (exact) mass is 388 g/mol. The molecule has 142 valence electrons. The van der Waals surface area contributed by atoms with Crippen molar-refractivity contribution in [3.05, 3.63) is 131 Å². The lowest BCUT2D eigenvalue weighted by Crippen LogP contribution is -2.01. The molecule has 0 aliphatic heterocycles. The Kier molecular flexibility index (Phi) is 5.20. The van der Waals surface area contributed by atoms with Crippen molar-refractivity contribution in [3.8, 4) is 0 Å². The van der Waals surface area contributed by atoms with Crippen LogP contribution in [0.2, 0.25) is 0 Å². The van der Waals surface area contributed by atoms with E-state index in [0.717, 1.165) is 0 Å². The van der Waals surface area contributed by atoms with E-state index in [9.17, 15) is 13.2 Å². The molecule has 29 heavy (non-hydrogen) atoms. The molecule has 3 aromatic carbocycles. The molecule has 0 saturated carbocycles. The smallest absolute Gasteiger partial charge is 0.160 e. The average molecular weight is 388 g/mol. The van der Waals surface area contributed by atoms with E-state index in [4.69, 9.17) is 0 Å². The molecular weight excluding hydrogens is 373 g/mol. The summed E-state index contributed by atoms with van der Waals surface area (Å²) >= 11 is 0. The Bertz CT molecular complexity index is 1090. The number of nitrogens with zero attached hydrogens (tertiary/aromatic N) is 2. The molecule has 2 nitrogen and oxygen atoms in total. The van der Waals surface area contributed by atoms with Crippen LogP contribution in [0.3, 0.4) is 0 Å². The van der Waals surface area contributed by atoms with Crippen molar-refractivity contribution in [2.45, 2.75) is 0 Å². The van der Waals surface area contributed by atoms with Gasteiger partial charge in [-0.05, 0) is 59.2 Å². The van der Waals surface area contributed by atoms with Crippen LogP contribution in [0, 0.1) is 17.5 Å². The minimum Gasteiger partial charge on any atom is -0.237 e. The van der Waals surface area contributed by atoms with Crippen LogP contribution in [0.4, 0.5) is 13.2 Å². The maximum absolute atomic E-state index is 13.6. The Labute approximate surface area is 166 Å². The van der Waals surface area contributed by atoms with Gasteiger partial charge in [0, 0.05) is 23.5 Å². The van der Waals surface area contributed by atoms with Gasteiger partial charge in [0.1, 0.15) is 17.5 Å². The summed E-state index contributed by atoms with van der Waals surface area (Å²) in [6.45, 7) is 0. The van der Waals surface area contributed by atoms with Crippen LogP contribution in [0.15, 0.2) is 91.3 Å². The summed E-state index contributed by atoms with van der Waals surface area (Å²) < 4.78 is 40.7. The van der Waals surface area contributed by atoms with E-state index in [0.29, 0.717) is 33.7 Å². The van der Waals surface area contributed by atoms with Crippen molar-refractivity contribution >= 4 is 11.1 Å². The molecule has 0 aliphatic rings. The summed E-state index contributed by atoms with van der Waals surface area (Å²) in [5.41, 5.74) is 3.39. The molecular formula is C24H15F3N2. The van der Waals surface area contributed by atoms with Crippen molar-refractivity contribution < 1.29 is 13.2 Å². The van der Waals surface area contributed by atoms with Crippen LogP contribution in [0.1, 0.15) is 22.5 Å². The Balaban J connectivity index is 2.08. The molecule has 0 saturated heterocycles. The number of rotatable bonds is 4. The fourth-order valence-corrected chi connectivity index (χ4v) is 3.12. The van der Waals surface area contributed by atoms with Crippen LogP contribution in [0.5, 0.6) is 0 Å². The van der Waals surface area contributed by atoms with Crippen LogP contribution < -0.4 is 0 Å². The number of halogens is 3. The molecule has 4 rings (SSSR count). The molecule has 0 radical (unpaired) electrons. The van der Waals surface area contributed by atoms with E-state index in [1.54, 1.807) is 54.9 Å². The maximum atomic E-state index is 13.6. The molecule has 5 heteroatoms. The van der Waals surface area contributed by atoms with Gasteiger partial charge in [-0.2, -0.15) is 0 Å². The third-order valence-corrected chi connectivity index (χ3v) is 4.44. The van der Waals surface area contributed by atoms with Gasteiger partial charge in [0.05, 0.1) is 0 Å². The minimum absolute atomic E-state index is 0.368. The standard InChI is InChI=1S/C24H15F3N2/c25-19-8-2-16(3-9-19)22(17-4-10-20(26)11-5-17)23(24-28-14-1-15-29-24)18-6-12-21(27)13-7-18/h1-15H. The van der Waals surface area contributed by atoms with Gasteiger partial charge in [-0.25, -0.2) is 23.1 Å². The number of hydrogen-bond donors (Lipinski definition) is 0. The fraction of sp³-hybridized carbons (Fsp3) is 0. The highest BCUT2D eigenvalue weighted by atomic mass is 19.1. The van der Waals surface area contributed by atoms with Crippen LogP contribution >= 0.6 is 0 Å². The normalized spacial score (nSPS) is 10.6. The van der Waals surface area contributed by atoms with Crippen molar-refractivity contribution in [2.75, 3.05) is 0 Å². The molecule has 0 bridgehead atoms. The zero-order valence-corrected chi connectivity index (χ0v) is 15.2. The zero-order valence-electron chi connectivity index (χ0n) is 15.2. The van der Waals surface area contributed by atoms with Gasteiger partial charge < -0.3 is 0 Å². The Hall–Kier alpha value is -3.73. The van der Waals surface area contributed by atoms with Crippen LogP contribution in [-0.2, 0) is 0 Å². The summed E-state index contributed by atoms with van der Waals surface area (Å²) in [4.78, 5) is 8.75. The van der Waals surface area contributed by atoms with Crippen LogP contribution in [0.25, 0.3) is 11.1 Å². The summed E-state index contributed by atoms with van der Waals surface area (Å²) in [7, 11) is 0. The predicted molar refractivity (Wildman–Crippen MR) is 106 cm³/mol. The van der Waals surface area contributed by atoms with Crippen molar-refractivity contribution in [1.82, 2.24) is 9.97 Å². The first-order valence-electron chi connectivity index (χ1n) is 8.91. The zero-order chi connectivity index (χ0) is 20.2. The molecule has 1 aromatic heterocycles. The van der Waals surface area contributed by atoms with Gasteiger partial charge in [0.15, 0.2) is 5.82 Å². The minimum atomic E-state index is -0.369. The van der Waals surface area contributed by atoms with Gasteiger partial charge in [0.2, 0.25) is 0 Å². The van der Waals surface area contributed by atoms with Crippen molar-refractivity contribution in [2.24, 2.45) is 0 Å². The highest BCUT2D eigenvalue weighted by Gasteiger charge is 2.18.